The van der Waals surface area contributed by atoms with E-state index in [4.69, 9.17) is 10.8 Å². The molecular formula is C26H37N5O7S2. The summed E-state index contributed by atoms with van der Waals surface area (Å²) in [6.07, 6.45) is 5.50. The summed E-state index contributed by atoms with van der Waals surface area (Å²) in [5.41, 5.74) is 7.40. The topological polar surface area (TPSA) is 204 Å². The van der Waals surface area contributed by atoms with E-state index < -0.39 is 53.8 Å². The number of carboxylic acids is 2. The van der Waals surface area contributed by atoms with Gasteiger partial charge in [0.05, 0.1) is 6.04 Å². The van der Waals surface area contributed by atoms with Crippen molar-refractivity contribution < 1.29 is 34.2 Å². The van der Waals surface area contributed by atoms with Crippen LogP contribution in [0.2, 0.25) is 0 Å². The first-order valence-corrected chi connectivity index (χ1v) is 15.5. The monoisotopic (exact) mass is 595 g/mol. The number of thioether (sulfide) groups is 2. The zero-order chi connectivity index (χ0) is 29.7. The number of nitrogens with two attached hydrogens (primary N) is 1. The maximum absolute atomic E-state index is 13.4. The van der Waals surface area contributed by atoms with Gasteiger partial charge in [-0.1, -0.05) is 18.2 Å². The van der Waals surface area contributed by atoms with Gasteiger partial charge in [-0.15, -0.1) is 0 Å². The second-order valence-corrected chi connectivity index (χ2v) is 11.2. The van der Waals surface area contributed by atoms with Crippen LogP contribution in [0.5, 0.6) is 0 Å². The fourth-order valence-electron chi connectivity index (χ4n) is 3.96. The lowest BCUT2D eigenvalue weighted by Gasteiger charge is -2.25. The van der Waals surface area contributed by atoms with Crippen molar-refractivity contribution in [1.29, 1.82) is 0 Å². The molecule has 2 aromatic rings. The van der Waals surface area contributed by atoms with Crippen LogP contribution in [0.15, 0.2) is 30.5 Å². The molecule has 14 heteroatoms. The fraction of sp³-hybridized carbons (Fsp3) is 0.500. The molecule has 1 heterocycles. The molecular weight excluding hydrogens is 558 g/mol. The highest BCUT2D eigenvalue weighted by Gasteiger charge is 2.31. The van der Waals surface area contributed by atoms with Crippen molar-refractivity contribution in [1.82, 2.24) is 20.9 Å². The van der Waals surface area contributed by atoms with Crippen LogP contribution in [0.1, 0.15) is 31.2 Å². The van der Waals surface area contributed by atoms with E-state index in [0.717, 1.165) is 16.5 Å². The molecule has 2 rings (SSSR count). The smallest absolute Gasteiger partial charge is 0.326 e. The van der Waals surface area contributed by atoms with Crippen LogP contribution in [0.3, 0.4) is 0 Å². The summed E-state index contributed by atoms with van der Waals surface area (Å²) in [5, 5.41) is 27.1. The molecule has 8 N–H and O–H groups in total. The third-order valence-electron chi connectivity index (χ3n) is 6.21. The highest BCUT2D eigenvalue weighted by atomic mass is 32.2. The molecule has 4 atom stereocenters. The van der Waals surface area contributed by atoms with Gasteiger partial charge in [-0.3, -0.25) is 19.2 Å². The Hall–Kier alpha value is -3.23. The Morgan fingerprint density at radius 3 is 2.05 bits per heavy atom. The first-order chi connectivity index (χ1) is 19.1. The highest BCUT2D eigenvalue weighted by molar-refractivity contribution is 7.98. The van der Waals surface area contributed by atoms with Crippen LogP contribution in [-0.2, 0) is 30.4 Å². The zero-order valence-electron chi connectivity index (χ0n) is 22.5. The third kappa shape index (κ3) is 10.4. The van der Waals surface area contributed by atoms with Gasteiger partial charge in [0.15, 0.2) is 0 Å². The lowest BCUT2D eigenvalue weighted by atomic mass is 10.0. The second-order valence-electron chi connectivity index (χ2n) is 9.19. The van der Waals surface area contributed by atoms with Gasteiger partial charge in [0.25, 0.3) is 0 Å². The number of amides is 3. The number of H-pyrrole nitrogens is 1. The van der Waals surface area contributed by atoms with Gasteiger partial charge < -0.3 is 36.9 Å². The predicted octanol–water partition coefficient (Wildman–Crippen LogP) is 0.948. The first kappa shape index (κ1) is 33.0. The Kier molecular flexibility index (Phi) is 13.8. The number of nitrogens with one attached hydrogen (secondary N) is 4. The molecule has 1 aromatic carbocycles. The van der Waals surface area contributed by atoms with Gasteiger partial charge >= 0.3 is 11.9 Å². The second kappa shape index (κ2) is 16.8. The molecule has 0 aliphatic rings. The molecule has 0 saturated heterocycles. The summed E-state index contributed by atoms with van der Waals surface area (Å²) in [6, 6.07) is 3.00. The lowest BCUT2D eigenvalue weighted by molar-refractivity contribution is -0.142. The van der Waals surface area contributed by atoms with Gasteiger partial charge in [0.1, 0.15) is 18.1 Å². The number of aromatic nitrogens is 1. The number of aromatic amines is 1. The van der Waals surface area contributed by atoms with Gasteiger partial charge in [-0.2, -0.15) is 23.5 Å². The van der Waals surface area contributed by atoms with Crippen LogP contribution >= 0.6 is 23.5 Å². The molecule has 3 amide bonds. The van der Waals surface area contributed by atoms with Crippen molar-refractivity contribution >= 4 is 64.1 Å². The minimum absolute atomic E-state index is 0.0672. The van der Waals surface area contributed by atoms with Crippen molar-refractivity contribution in [3.05, 3.63) is 36.0 Å². The van der Waals surface area contributed by atoms with Crippen LogP contribution in [0.25, 0.3) is 10.9 Å². The van der Waals surface area contributed by atoms with Crippen molar-refractivity contribution in [3.8, 4) is 0 Å². The standard InChI is InChI=1S/C26H37N5O7S2/c1-39-11-9-19(29-23(34)17(27)7-8-22(32)33)24(35)31-21(25(36)30-20(26(37)38)10-12-40-2)13-15-14-28-18-6-4-3-5-16(15)18/h3-6,14,17,19-21,28H,7-13,27H2,1-2H3,(H,29,34)(H,30,36)(H,31,35)(H,32,33)(H,37,38). The van der Waals surface area contributed by atoms with Crippen LogP contribution < -0.4 is 21.7 Å². The van der Waals surface area contributed by atoms with Gasteiger partial charge in [-0.05, 0) is 54.9 Å². The third-order valence-corrected chi connectivity index (χ3v) is 7.49. The van der Waals surface area contributed by atoms with Gasteiger partial charge in [0, 0.05) is 29.9 Å². The minimum Gasteiger partial charge on any atom is -0.481 e. The van der Waals surface area contributed by atoms with Gasteiger partial charge in [0.2, 0.25) is 17.7 Å². The number of benzene rings is 1. The van der Waals surface area contributed by atoms with E-state index >= 15 is 0 Å². The molecule has 40 heavy (non-hydrogen) atoms. The Labute approximate surface area is 241 Å². The van der Waals surface area contributed by atoms with E-state index in [1.165, 1.54) is 23.5 Å². The van der Waals surface area contributed by atoms with Crippen LogP contribution in [-0.4, -0.2) is 93.0 Å². The Morgan fingerprint density at radius 2 is 1.43 bits per heavy atom. The number of hydrogen-bond acceptors (Lipinski definition) is 8. The molecule has 0 radical (unpaired) electrons. The number of carbonyl (C=O) groups is 5. The van der Waals surface area contributed by atoms with Crippen molar-refractivity contribution in [3.63, 3.8) is 0 Å². The maximum Gasteiger partial charge on any atom is 0.326 e. The van der Waals surface area contributed by atoms with E-state index in [1.807, 2.05) is 36.8 Å². The predicted molar refractivity (Wildman–Crippen MR) is 156 cm³/mol. The average Bonchev–Trinajstić information content (AvgIpc) is 3.33. The number of carboxylic acid groups (broad SMARTS) is 2. The molecule has 0 spiro atoms. The summed E-state index contributed by atoms with van der Waals surface area (Å²) in [5.74, 6) is -3.23. The number of hydrogen-bond donors (Lipinski definition) is 7. The molecule has 220 valence electrons. The Bertz CT molecular complexity index is 1180. The lowest BCUT2D eigenvalue weighted by Crippen LogP contribution is -2.57. The number of fused-ring (bicyclic) bond motifs is 1. The van der Waals surface area contributed by atoms with E-state index in [0.29, 0.717) is 11.5 Å². The quantitative estimate of drug-likeness (QED) is 0.130. The number of aliphatic carboxylic acids is 2. The van der Waals surface area contributed by atoms with Crippen molar-refractivity contribution in [2.75, 3.05) is 24.0 Å². The van der Waals surface area contributed by atoms with E-state index in [1.54, 1.807) is 6.20 Å². The number of para-hydroxylation sites is 1. The molecule has 12 nitrogen and oxygen atoms in total. The van der Waals surface area contributed by atoms with Crippen molar-refractivity contribution in [2.24, 2.45) is 5.73 Å². The van der Waals surface area contributed by atoms with Crippen molar-refractivity contribution in [2.45, 2.75) is 56.3 Å². The van der Waals surface area contributed by atoms with Crippen LogP contribution in [0, 0.1) is 0 Å². The first-order valence-electron chi connectivity index (χ1n) is 12.7. The normalized spacial score (nSPS) is 14.1. The summed E-state index contributed by atoms with van der Waals surface area (Å²) in [6.45, 7) is 0. The zero-order valence-corrected chi connectivity index (χ0v) is 24.1. The molecule has 0 aliphatic heterocycles. The molecule has 1 aromatic heterocycles. The molecule has 4 unspecified atom stereocenters. The van der Waals surface area contributed by atoms with E-state index in [-0.39, 0.29) is 32.1 Å². The van der Waals surface area contributed by atoms with E-state index in [2.05, 4.69) is 20.9 Å². The highest BCUT2D eigenvalue weighted by Crippen LogP contribution is 2.19. The molecule has 0 bridgehead atoms. The average molecular weight is 596 g/mol. The summed E-state index contributed by atoms with van der Waals surface area (Å²) >= 11 is 2.91. The van der Waals surface area contributed by atoms with Gasteiger partial charge in [-0.25, -0.2) is 4.79 Å². The Morgan fingerprint density at radius 1 is 0.850 bits per heavy atom. The molecule has 0 fully saturated rings. The number of carbonyl (C=O) groups excluding carboxylic acids is 3. The minimum atomic E-state index is -1.18. The SMILES string of the molecule is CSCCC(NC(=O)C(Cc1c[nH]c2ccccc12)NC(=O)C(CCSC)NC(=O)C(N)CCC(=O)O)C(=O)O. The summed E-state index contributed by atoms with van der Waals surface area (Å²) in [4.78, 5) is 65.1. The molecule has 0 aliphatic carbocycles. The summed E-state index contributed by atoms with van der Waals surface area (Å²) in [7, 11) is 0. The maximum atomic E-state index is 13.4. The largest absolute Gasteiger partial charge is 0.481 e. The van der Waals surface area contributed by atoms with Crippen LogP contribution in [0.4, 0.5) is 0 Å². The Balaban J connectivity index is 2.27. The summed E-state index contributed by atoms with van der Waals surface area (Å²) < 4.78 is 0. The fourth-order valence-corrected chi connectivity index (χ4v) is 4.90. The van der Waals surface area contributed by atoms with E-state index in [9.17, 15) is 29.1 Å². The number of rotatable bonds is 18. The molecule has 0 saturated carbocycles.